The molecule has 0 aliphatic carbocycles. The first-order valence-corrected chi connectivity index (χ1v) is 22.9. The zero-order valence-electron chi connectivity index (χ0n) is 32.4. The highest BCUT2D eigenvalue weighted by atomic mass is 31.2. The van der Waals surface area contributed by atoms with Gasteiger partial charge >= 0.3 is 15.2 Å². The van der Waals surface area contributed by atoms with Crippen molar-refractivity contribution in [2.45, 2.75) is 25.4 Å². The van der Waals surface area contributed by atoms with E-state index in [0.29, 0.717) is 30.0 Å². The summed E-state index contributed by atoms with van der Waals surface area (Å²) in [5.41, 5.74) is 12.1. The lowest BCUT2D eigenvalue weighted by Gasteiger charge is -2.11. The summed E-state index contributed by atoms with van der Waals surface area (Å²) in [6, 6.07) is 51.7. The molecular formula is C48H42N4O6P2+2. The third-order valence-corrected chi connectivity index (χ3v) is 11.7. The first-order chi connectivity index (χ1) is 28.9. The number of benzene rings is 5. The van der Waals surface area contributed by atoms with Crippen molar-refractivity contribution >= 4 is 15.2 Å². The molecule has 8 rings (SSSR count). The number of hydrogen-bond donors (Lipinski definition) is 4. The Labute approximate surface area is 348 Å². The normalized spacial score (nSPS) is 11.7. The first-order valence-electron chi connectivity index (χ1n) is 19.3. The molecule has 3 heterocycles. The summed E-state index contributed by atoms with van der Waals surface area (Å²) in [5, 5.41) is 0. The molecule has 0 atom stereocenters. The third kappa shape index (κ3) is 10.7. The van der Waals surface area contributed by atoms with Gasteiger partial charge in [-0.1, -0.05) is 127 Å². The minimum Gasteiger partial charge on any atom is -0.324 e. The zero-order chi connectivity index (χ0) is 41.7. The van der Waals surface area contributed by atoms with Crippen molar-refractivity contribution < 1.29 is 37.8 Å². The van der Waals surface area contributed by atoms with Gasteiger partial charge in [-0.3, -0.25) is 9.13 Å². The van der Waals surface area contributed by atoms with Crippen molar-refractivity contribution in [3.05, 3.63) is 205 Å². The molecule has 0 radical (unpaired) electrons. The molecule has 0 amide bonds. The van der Waals surface area contributed by atoms with E-state index in [-0.39, 0.29) is 12.3 Å². The molecular weight excluding hydrogens is 790 g/mol. The Kier molecular flexibility index (Phi) is 11.9. The van der Waals surface area contributed by atoms with Gasteiger partial charge in [0.05, 0.1) is 23.7 Å². The van der Waals surface area contributed by atoms with E-state index in [1.807, 2.05) is 85.5 Å². The summed E-state index contributed by atoms with van der Waals surface area (Å²) in [6.07, 6.45) is 7.58. The van der Waals surface area contributed by atoms with Crippen molar-refractivity contribution in [1.29, 1.82) is 0 Å². The van der Waals surface area contributed by atoms with Gasteiger partial charge < -0.3 is 19.6 Å². The highest BCUT2D eigenvalue weighted by molar-refractivity contribution is 7.51. The molecule has 298 valence electrons. The Morgan fingerprint density at radius 2 is 0.717 bits per heavy atom. The monoisotopic (exact) mass is 832 g/mol. The van der Waals surface area contributed by atoms with Crippen LogP contribution in [0.4, 0.5) is 0 Å². The highest BCUT2D eigenvalue weighted by Gasteiger charge is 2.16. The Hall–Kier alpha value is -6.22. The summed E-state index contributed by atoms with van der Waals surface area (Å²) in [6.45, 7) is 1.27. The maximum absolute atomic E-state index is 11.3. The van der Waals surface area contributed by atoms with Crippen LogP contribution in [0.3, 0.4) is 0 Å². The minimum absolute atomic E-state index is 0.262. The lowest BCUT2D eigenvalue weighted by Crippen LogP contribution is -2.32. The van der Waals surface area contributed by atoms with E-state index in [0.717, 1.165) is 61.5 Å². The van der Waals surface area contributed by atoms with Crippen LogP contribution in [0.5, 0.6) is 0 Å². The van der Waals surface area contributed by atoms with E-state index in [1.54, 1.807) is 24.3 Å². The maximum Gasteiger partial charge on any atom is 0.329 e. The van der Waals surface area contributed by atoms with E-state index in [1.165, 1.54) is 0 Å². The number of aromatic nitrogens is 4. The molecule has 3 aromatic heterocycles. The third-order valence-electron chi connectivity index (χ3n) is 10.1. The van der Waals surface area contributed by atoms with Gasteiger partial charge in [0.2, 0.25) is 0 Å². The number of rotatable bonds is 13. The lowest BCUT2D eigenvalue weighted by molar-refractivity contribution is -0.688. The van der Waals surface area contributed by atoms with E-state index in [9.17, 15) is 28.7 Å². The van der Waals surface area contributed by atoms with Crippen LogP contribution in [0.15, 0.2) is 183 Å². The second kappa shape index (κ2) is 17.6. The van der Waals surface area contributed by atoms with E-state index >= 15 is 0 Å². The summed E-state index contributed by atoms with van der Waals surface area (Å²) in [7, 11) is -8.20. The Balaban J connectivity index is 0.975. The first kappa shape index (κ1) is 40.6. The molecule has 0 saturated heterocycles. The summed E-state index contributed by atoms with van der Waals surface area (Å²) in [4.78, 5) is 47.0. The average molecular weight is 833 g/mol. The quantitative estimate of drug-likeness (QED) is 0.0666. The van der Waals surface area contributed by atoms with Crippen LogP contribution in [0, 0.1) is 0 Å². The second-order valence-corrected chi connectivity index (χ2v) is 18.1. The van der Waals surface area contributed by atoms with Crippen LogP contribution >= 0.6 is 15.2 Å². The minimum atomic E-state index is -4.10. The molecule has 4 N–H and O–H groups in total. The standard InChI is InChI=1S/C48H40N4O6P2/c53-59(54,55)33-37-10-6-35(7-11-37)31-51-26-22-41(23-27-51)39-14-18-43(19-15-39)46-30-47(50-48(49-46)45-4-2-1-3-5-45)44-20-16-40(17-21-44)42-24-28-52(29-25-42)32-36-8-12-38(13-9-36)34-60(56,57)58/h1-30H,31-34H2,(H2-2,53,54,55,56,57,58)/p+2. The molecule has 0 fully saturated rings. The number of pyridine rings is 2. The smallest absolute Gasteiger partial charge is 0.324 e. The van der Waals surface area contributed by atoms with Gasteiger partial charge in [0.1, 0.15) is 0 Å². The topological polar surface area (TPSA) is 149 Å². The Bertz CT molecular complexity index is 2640. The van der Waals surface area contributed by atoms with Crippen LogP contribution < -0.4 is 9.13 Å². The van der Waals surface area contributed by atoms with Gasteiger partial charge in [-0.15, -0.1) is 0 Å². The molecule has 60 heavy (non-hydrogen) atoms. The Morgan fingerprint density at radius 1 is 0.383 bits per heavy atom. The van der Waals surface area contributed by atoms with Crippen molar-refractivity contribution in [3.63, 3.8) is 0 Å². The molecule has 12 heteroatoms. The molecule has 0 aliphatic heterocycles. The average Bonchev–Trinajstić information content (AvgIpc) is 3.25. The molecule has 0 aliphatic rings. The van der Waals surface area contributed by atoms with Gasteiger partial charge in [0.15, 0.2) is 43.7 Å². The molecule has 0 bridgehead atoms. The molecule has 10 nitrogen and oxygen atoms in total. The van der Waals surface area contributed by atoms with Gasteiger partial charge in [-0.2, -0.15) is 0 Å². The van der Waals surface area contributed by atoms with E-state index in [4.69, 9.17) is 9.97 Å². The number of nitrogens with zero attached hydrogens (tertiary/aromatic N) is 4. The van der Waals surface area contributed by atoms with E-state index in [2.05, 4.69) is 81.9 Å². The van der Waals surface area contributed by atoms with Gasteiger partial charge in [0, 0.05) is 52.1 Å². The van der Waals surface area contributed by atoms with Gasteiger partial charge in [0.25, 0.3) is 0 Å². The fourth-order valence-electron chi connectivity index (χ4n) is 7.03. The summed E-state index contributed by atoms with van der Waals surface area (Å²) >= 11 is 0. The fraction of sp³-hybridized carbons (Fsp3) is 0.0833. The molecule has 0 spiro atoms. The van der Waals surface area contributed by atoms with Crippen molar-refractivity contribution in [1.82, 2.24) is 9.97 Å². The molecule has 5 aromatic carbocycles. The second-order valence-electron chi connectivity index (χ2n) is 14.8. The van der Waals surface area contributed by atoms with Crippen molar-refractivity contribution in [2.75, 3.05) is 0 Å². The predicted octanol–water partition coefficient (Wildman–Crippen LogP) is 8.84. The van der Waals surface area contributed by atoms with Crippen molar-refractivity contribution in [2.24, 2.45) is 0 Å². The number of hydrogen-bond acceptors (Lipinski definition) is 4. The molecule has 0 saturated carbocycles. The van der Waals surface area contributed by atoms with Gasteiger partial charge in [-0.05, 0) is 39.4 Å². The summed E-state index contributed by atoms with van der Waals surface area (Å²) < 4.78 is 26.8. The highest BCUT2D eigenvalue weighted by Crippen LogP contribution is 2.40. The van der Waals surface area contributed by atoms with Crippen molar-refractivity contribution in [3.8, 4) is 56.2 Å². The van der Waals surface area contributed by atoms with Gasteiger partial charge in [-0.25, -0.2) is 19.1 Å². The van der Waals surface area contributed by atoms with Crippen LogP contribution in [0.25, 0.3) is 56.2 Å². The molecule has 0 unspecified atom stereocenters. The SMILES string of the molecule is O=P(O)(O)Cc1ccc(C[n+]2ccc(-c3ccc(-c4cc(-c5ccc(-c6cc[n+](Cc7ccc(CP(=O)(O)O)cc7)cc6)cc5)nc(-c5ccccc5)n4)cc3)cc2)cc1. The van der Waals surface area contributed by atoms with Crippen LogP contribution in [0.1, 0.15) is 22.3 Å². The fourth-order valence-corrected chi connectivity index (χ4v) is 8.41. The van der Waals surface area contributed by atoms with E-state index < -0.39 is 15.2 Å². The van der Waals surface area contributed by atoms with Crippen LogP contribution in [-0.2, 0) is 34.5 Å². The van der Waals surface area contributed by atoms with Crippen LogP contribution in [-0.4, -0.2) is 29.5 Å². The lowest BCUT2D eigenvalue weighted by atomic mass is 10.0. The van der Waals surface area contributed by atoms with Crippen LogP contribution in [0.2, 0.25) is 0 Å². The molecule has 8 aromatic rings. The Morgan fingerprint density at radius 3 is 1.08 bits per heavy atom. The maximum atomic E-state index is 11.3. The summed E-state index contributed by atoms with van der Waals surface area (Å²) in [5.74, 6) is 0.643. The predicted molar refractivity (Wildman–Crippen MR) is 232 cm³/mol. The largest absolute Gasteiger partial charge is 0.329 e. The zero-order valence-corrected chi connectivity index (χ0v) is 34.2.